The van der Waals surface area contributed by atoms with Crippen LogP contribution in [-0.4, -0.2) is 66.0 Å². The molecule has 0 saturated carbocycles. The lowest BCUT2D eigenvalue weighted by Gasteiger charge is -2.40. The van der Waals surface area contributed by atoms with Crippen LogP contribution in [0.5, 0.6) is 0 Å². The molecule has 7 heteroatoms. The maximum absolute atomic E-state index is 12.7. The molecule has 3 rings (SSSR count). The Morgan fingerprint density at radius 1 is 1.31 bits per heavy atom. The lowest BCUT2D eigenvalue weighted by Crippen LogP contribution is -2.61. The van der Waals surface area contributed by atoms with Gasteiger partial charge in [-0.3, -0.25) is 4.90 Å². The van der Waals surface area contributed by atoms with E-state index < -0.39 is 42.3 Å². The van der Waals surface area contributed by atoms with Gasteiger partial charge in [-0.2, -0.15) is 0 Å². The van der Waals surface area contributed by atoms with Crippen LogP contribution in [0.2, 0.25) is 0 Å². The molecule has 2 aliphatic heterocycles. The number of fused-ring (bicyclic) bond motifs is 2. The number of nitrogens with zero attached hydrogens (tertiary/aromatic N) is 1. The largest absolute Gasteiger partial charge is 0.444 e. The molecule has 0 aliphatic carbocycles. The Kier molecular flexibility index (Phi) is 5.53. The molecule has 1 amide bonds. The van der Waals surface area contributed by atoms with Crippen molar-refractivity contribution in [3.63, 3.8) is 0 Å². The lowest BCUT2D eigenvalue weighted by molar-refractivity contribution is -0.142. The van der Waals surface area contributed by atoms with Gasteiger partial charge in [-0.15, -0.1) is 0 Å². The number of amides is 1. The molecular formula is C19H27NO6. The zero-order valence-electron chi connectivity index (χ0n) is 15.6. The molecule has 1 aromatic rings. The number of hydrogen-bond donors (Lipinski definition) is 1. The molecule has 2 heterocycles. The van der Waals surface area contributed by atoms with Crippen molar-refractivity contribution < 1.29 is 28.8 Å². The van der Waals surface area contributed by atoms with Crippen molar-refractivity contribution in [2.24, 2.45) is 0 Å². The molecular weight excluding hydrogens is 338 g/mol. The van der Waals surface area contributed by atoms with E-state index in [9.17, 15) is 9.90 Å². The number of likely N-dealkylation sites (tertiary alicyclic amines) is 1. The van der Waals surface area contributed by atoms with Gasteiger partial charge in [0.1, 0.15) is 30.0 Å². The van der Waals surface area contributed by atoms with Crippen LogP contribution in [0.15, 0.2) is 30.3 Å². The van der Waals surface area contributed by atoms with Gasteiger partial charge in [0.2, 0.25) is 0 Å². The fourth-order valence-electron chi connectivity index (χ4n) is 3.39. The van der Waals surface area contributed by atoms with Crippen LogP contribution in [0.1, 0.15) is 26.3 Å². The van der Waals surface area contributed by atoms with Crippen LogP contribution in [-0.2, 0) is 25.6 Å². The Morgan fingerprint density at radius 3 is 2.62 bits per heavy atom. The fraction of sp³-hybridized carbons (Fsp3) is 0.632. The van der Waals surface area contributed by atoms with Crippen molar-refractivity contribution in [2.75, 3.05) is 13.7 Å². The minimum absolute atomic E-state index is 0.120. The van der Waals surface area contributed by atoms with Gasteiger partial charge in [0, 0.05) is 7.11 Å². The highest BCUT2D eigenvalue weighted by Crippen LogP contribution is 2.36. The van der Waals surface area contributed by atoms with Crippen molar-refractivity contribution in [1.82, 2.24) is 4.90 Å². The highest BCUT2D eigenvalue weighted by molar-refractivity contribution is 5.69. The quantitative estimate of drug-likeness (QED) is 0.878. The summed E-state index contributed by atoms with van der Waals surface area (Å²) in [5.41, 5.74) is 0.367. The van der Waals surface area contributed by atoms with E-state index in [2.05, 4.69) is 0 Å². The van der Waals surface area contributed by atoms with Crippen LogP contribution in [0, 0.1) is 0 Å². The van der Waals surface area contributed by atoms with E-state index in [0.29, 0.717) is 6.61 Å². The second-order valence-corrected chi connectivity index (χ2v) is 7.66. The molecule has 7 nitrogen and oxygen atoms in total. The normalized spacial score (nSPS) is 31.1. The number of rotatable bonds is 4. The predicted octanol–water partition coefficient (Wildman–Crippen LogP) is 1.92. The average molecular weight is 365 g/mol. The molecule has 2 bridgehead atoms. The topological polar surface area (TPSA) is 77.5 Å². The summed E-state index contributed by atoms with van der Waals surface area (Å²) in [6, 6.07) is 9.25. The number of carbonyl (C=O) groups excluding carboxylic acids is 1. The van der Waals surface area contributed by atoms with E-state index in [1.54, 1.807) is 20.8 Å². The summed E-state index contributed by atoms with van der Waals surface area (Å²) in [6.07, 6.45) is -3.12. The smallest absolute Gasteiger partial charge is 0.410 e. The standard InChI is InChI=1S/C19H27NO6/c1-19(2,3)26-18(22)20-10-13(21)15-16(14(20)17(23-4)25-15)24-11-12-8-6-5-7-9-12/h5-9,13-17,21H,10-11H2,1-4H3/t13-,14+,15-,16-,17+/m1/s1. The summed E-state index contributed by atoms with van der Waals surface area (Å²) in [5.74, 6) is 0. The molecule has 0 radical (unpaired) electrons. The Balaban J connectivity index is 1.78. The van der Waals surface area contributed by atoms with E-state index in [1.807, 2.05) is 30.3 Å². The summed E-state index contributed by atoms with van der Waals surface area (Å²) in [4.78, 5) is 14.1. The van der Waals surface area contributed by atoms with Crippen molar-refractivity contribution in [2.45, 2.75) is 63.6 Å². The lowest BCUT2D eigenvalue weighted by atomic mass is 9.96. The third-order valence-corrected chi connectivity index (χ3v) is 4.50. The first-order valence-corrected chi connectivity index (χ1v) is 8.81. The van der Waals surface area contributed by atoms with Crippen LogP contribution in [0.4, 0.5) is 4.79 Å². The van der Waals surface area contributed by atoms with Crippen LogP contribution < -0.4 is 0 Å². The molecule has 2 fully saturated rings. The Morgan fingerprint density at radius 2 is 2.00 bits per heavy atom. The number of carbonyl (C=O) groups is 1. The summed E-state index contributed by atoms with van der Waals surface area (Å²) in [5, 5.41) is 10.5. The van der Waals surface area contributed by atoms with Crippen LogP contribution in [0.3, 0.4) is 0 Å². The molecule has 0 spiro atoms. The Bertz CT molecular complexity index is 616. The van der Waals surface area contributed by atoms with Crippen LogP contribution in [0.25, 0.3) is 0 Å². The number of methoxy groups -OCH3 is 1. The minimum Gasteiger partial charge on any atom is -0.444 e. The SMILES string of the molecule is CO[C@H]1O[C@H]2[C@H](OCc3ccccc3)[C@@H]1N(C(=O)OC(C)(C)C)C[C@H]2O. The predicted molar refractivity (Wildman–Crippen MR) is 93.4 cm³/mol. The van der Waals surface area contributed by atoms with Gasteiger partial charge < -0.3 is 24.1 Å². The number of piperidine rings is 1. The van der Waals surface area contributed by atoms with E-state index in [-0.39, 0.29) is 6.54 Å². The molecule has 2 aliphatic rings. The zero-order chi connectivity index (χ0) is 18.9. The van der Waals surface area contributed by atoms with Crippen molar-refractivity contribution in [1.29, 1.82) is 0 Å². The maximum atomic E-state index is 12.7. The number of aliphatic hydroxyl groups is 1. The van der Waals surface area contributed by atoms with Gasteiger partial charge in [-0.1, -0.05) is 30.3 Å². The first-order valence-electron chi connectivity index (χ1n) is 8.81. The Labute approximate surface area is 153 Å². The first-order chi connectivity index (χ1) is 12.3. The number of ether oxygens (including phenoxy) is 4. The second-order valence-electron chi connectivity index (χ2n) is 7.66. The number of hydrogen-bond acceptors (Lipinski definition) is 6. The summed E-state index contributed by atoms with van der Waals surface area (Å²) >= 11 is 0. The number of β-amino-alcohol motifs (C(OH)–C–C–N with tert-alkyl or cyclic N) is 1. The minimum atomic E-state index is -0.875. The molecule has 26 heavy (non-hydrogen) atoms. The van der Waals surface area contributed by atoms with Gasteiger partial charge in [0.05, 0.1) is 13.2 Å². The van der Waals surface area contributed by atoms with Crippen molar-refractivity contribution >= 4 is 6.09 Å². The molecule has 0 aromatic heterocycles. The van der Waals surface area contributed by atoms with Gasteiger partial charge in [-0.25, -0.2) is 4.79 Å². The summed E-state index contributed by atoms with van der Waals surface area (Å²) < 4.78 is 22.8. The average Bonchev–Trinajstić information content (AvgIpc) is 2.87. The van der Waals surface area contributed by atoms with E-state index in [0.717, 1.165) is 5.56 Å². The van der Waals surface area contributed by atoms with Gasteiger partial charge >= 0.3 is 6.09 Å². The Hall–Kier alpha value is -1.67. The highest BCUT2D eigenvalue weighted by Gasteiger charge is 2.57. The van der Waals surface area contributed by atoms with Gasteiger partial charge in [-0.05, 0) is 26.3 Å². The monoisotopic (exact) mass is 365 g/mol. The number of benzene rings is 1. The summed E-state index contributed by atoms with van der Waals surface area (Å²) in [7, 11) is 1.51. The maximum Gasteiger partial charge on any atom is 0.410 e. The van der Waals surface area contributed by atoms with Gasteiger partial charge in [0.15, 0.2) is 6.29 Å². The molecule has 0 unspecified atom stereocenters. The zero-order valence-corrected chi connectivity index (χ0v) is 15.6. The van der Waals surface area contributed by atoms with E-state index in [4.69, 9.17) is 18.9 Å². The highest BCUT2D eigenvalue weighted by atomic mass is 16.7. The van der Waals surface area contributed by atoms with E-state index in [1.165, 1.54) is 12.0 Å². The van der Waals surface area contributed by atoms with Crippen molar-refractivity contribution in [3.05, 3.63) is 35.9 Å². The number of aliphatic hydroxyl groups excluding tert-OH is 1. The molecule has 1 N–H and O–H groups in total. The van der Waals surface area contributed by atoms with Gasteiger partial charge in [0.25, 0.3) is 0 Å². The van der Waals surface area contributed by atoms with E-state index >= 15 is 0 Å². The summed E-state index contributed by atoms with van der Waals surface area (Å²) in [6.45, 7) is 5.88. The first kappa shape index (κ1) is 19.1. The molecule has 5 atom stereocenters. The van der Waals surface area contributed by atoms with Crippen LogP contribution >= 0.6 is 0 Å². The molecule has 2 saturated heterocycles. The fourth-order valence-corrected chi connectivity index (χ4v) is 3.39. The van der Waals surface area contributed by atoms with Crippen molar-refractivity contribution in [3.8, 4) is 0 Å². The third kappa shape index (κ3) is 4.01. The third-order valence-electron chi connectivity index (χ3n) is 4.50. The second kappa shape index (κ2) is 7.52. The molecule has 144 valence electrons. The molecule has 1 aromatic carbocycles.